The van der Waals surface area contributed by atoms with Crippen LogP contribution in [0.15, 0.2) is 35.5 Å². The van der Waals surface area contributed by atoms with Crippen LogP contribution < -0.4 is 0 Å². The maximum Gasteiger partial charge on any atom is -0.0276 e. The van der Waals surface area contributed by atoms with Crippen LogP contribution in [-0.4, -0.2) is 0 Å². The highest BCUT2D eigenvalue weighted by molar-refractivity contribution is 5.37. The fourth-order valence-electron chi connectivity index (χ4n) is 0.918. The third kappa shape index (κ3) is 4.17. The van der Waals surface area contributed by atoms with Gasteiger partial charge in [0.2, 0.25) is 0 Å². The second-order valence-corrected chi connectivity index (χ2v) is 3.32. The second-order valence-electron chi connectivity index (χ2n) is 3.32. The molecular weight excluding hydrogens is 144 g/mol. The zero-order valence-corrected chi connectivity index (χ0v) is 8.89. The molecule has 0 fully saturated rings. The zero-order chi connectivity index (χ0) is 9.56. The molecule has 0 aromatic carbocycles. The lowest BCUT2D eigenvalue weighted by Gasteiger charge is -2.01. The Morgan fingerprint density at radius 1 is 1.08 bits per heavy atom. The van der Waals surface area contributed by atoms with Crippen molar-refractivity contribution in [3.05, 3.63) is 35.5 Å². The van der Waals surface area contributed by atoms with Gasteiger partial charge >= 0.3 is 0 Å². The highest BCUT2D eigenvalue weighted by atomic mass is 14.0. The standard InChI is InChI=1S/C12H20/c1-6-11(5)12(7-2)9-8-10(3)4/h6-10H,1-5H3/b9-8-,11-6+,12-7+. The van der Waals surface area contributed by atoms with Crippen molar-refractivity contribution in [2.75, 3.05) is 0 Å². The largest absolute Gasteiger partial charge is 0.0841 e. The molecule has 0 aliphatic carbocycles. The molecular formula is C12H20. The molecule has 0 heterocycles. The van der Waals surface area contributed by atoms with E-state index < -0.39 is 0 Å². The van der Waals surface area contributed by atoms with E-state index in [-0.39, 0.29) is 0 Å². The van der Waals surface area contributed by atoms with E-state index in [0.717, 1.165) is 0 Å². The predicted octanol–water partition coefficient (Wildman–Crippen LogP) is 4.11. The fraction of sp³-hybridized carbons (Fsp3) is 0.500. The number of hydrogen-bond acceptors (Lipinski definition) is 0. The van der Waals surface area contributed by atoms with Crippen LogP contribution in [0, 0.1) is 5.92 Å². The van der Waals surface area contributed by atoms with Crippen LogP contribution in [0.4, 0.5) is 0 Å². The summed E-state index contributed by atoms with van der Waals surface area (Å²) in [4.78, 5) is 0. The number of allylic oxidation sites excluding steroid dienone is 6. The van der Waals surface area contributed by atoms with E-state index in [1.807, 2.05) is 0 Å². The minimum Gasteiger partial charge on any atom is -0.0841 e. The van der Waals surface area contributed by atoms with E-state index in [1.165, 1.54) is 11.1 Å². The molecule has 68 valence electrons. The number of rotatable bonds is 3. The topological polar surface area (TPSA) is 0 Å². The van der Waals surface area contributed by atoms with Crippen LogP contribution in [0.25, 0.3) is 0 Å². The first kappa shape index (κ1) is 11.2. The lowest BCUT2D eigenvalue weighted by molar-refractivity contribution is 0.831. The zero-order valence-electron chi connectivity index (χ0n) is 8.89. The lowest BCUT2D eigenvalue weighted by atomic mass is 10.1. The molecule has 0 rings (SSSR count). The van der Waals surface area contributed by atoms with Gasteiger partial charge in [-0.25, -0.2) is 0 Å². The first-order valence-electron chi connectivity index (χ1n) is 4.59. The minimum atomic E-state index is 0.629. The van der Waals surface area contributed by atoms with Gasteiger partial charge in [0, 0.05) is 0 Å². The Labute approximate surface area is 76.7 Å². The molecule has 0 spiro atoms. The number of hydrogen-bond donors (Lipinski definition) is 0. The molecule has 0 unspecified atom stereocenters. The van der Waals surface area contributed by atoms with Crippen LogP contribution in [0.2, 0.25) is 0 Å². The van der Waals surface area contributed by atoms with Gasteiger partial charge < -0.3 is 0 Å². The molecule has 0 nitrogen and oxygen atoms in total. The van der Waals surface area contributed by atoms with E-state index >= 15 is 0 Å². The normalized spacial score (nSPS) is 14.8. The van der Waals surface area contributed by atoms with Crippen molar-refractivity contribution in [2.45, 2.75) is 34.6 Å². The SMILES string of the molecule is C/C=C(C)/C(/C=C\C(C)C)=C/C. The summed E-state index contributed by atoms with van der Waals surface area (Å²) in [5.41, 5.74) is 2.67. The van der Waals surface area contributed by atoms with Gasteiger partial charge in [0.05, 0.1) is 0 Å². The van der Waals surface area contributed by atoms with Crippen LogP contribution in [0.5, 0.6) is 0 Å². The third-order valence-electron chi connectivity index (χ3n) is 1.86. The Bertz CT molecular complexity index is 202. The average Bonchev–Trinajstić information content (AvgIpc) is 2.04. The molecule has 0 N–H and O–H groups in total. The quantitative estimate of drug-likeness (QED) is 0.551. The van der Waals surface area contributed by atoms with Crippen molar-refractivity contribution in [1.82, 2.24) is 0 Å². The average molecular weight is 164 g/mol. The van der Waals surface area contributed by atoms with Gasteiger partial charge in [-0.1, -0.05) is 38.2 Å². The maximum atomic E-state index is 2.22. The molecule has 0 bridgehead atoms. The van der Waals surface area contributed by atoms with Crippen molar-refractivity contribution in [3.63, 3.8) is 0 Å². The highest BCUT2D eigenvalue weighted by Crippen LogP contribution is 2.11. The van der Waals surface area contributed by atoms with Gasteiger partial charge in [-0.15, -0.1) is 0 Å². The van der Waals surface area contributed by atoms with Crippen molar-refractivity contribution in [2.24, 2.45) is 5.92 Å². The summed E-state index contributed by atoms with van der Waals surface area (Å²) in [6, 6.07) is 0. The Hall–Kier alpha value is -0.780. The fourth-order valence-corrected chi connectivity index (χ4v) is 0.918. The van der Waals surface area contributed by atoms with Crippen molar-refractivity contribution in [3.8, 4) is 0 Å². The first-order chi connectivity index (χ1) is 5.61. The second kappa shape index (κ2) is 5.82. The Morgan fingerprint density at radius 2 is 1.67 bits per heavy atom. The van der Waals surface area contributed by atoms with Gasteiger partial charge in [0.25, 0.3) is 0 Å². The summed E-state index contributed by atoms with van der Waals surface area (Å²) in [7, 11) is 0. The molecule has 0 aliphatic rings. The van der Waals surface area contributed by atoms with Gasteiger partial charge in [-0.2, -0.15) is 0 Å². The molecule has 0 aromatic heterocycles. The molecule has 0 aliphatic heterocycles. The highest BCUT2D eigenvalue weighted by Gasteiger charge is 1.92. The van der Waals surface area contributed by atoms with Crippen LogP contribution in [0.1, 0.15) is 34.6 Å². The van der Waals surface area contributed by atoms with E-state index in [1.54, 1.807) is 0 Å². The van der Waals surface area contributed by atoms with E-state index in [0.29, 0.717) is 5.92 Å². The van der Waals surface area contributed by atoms with Gasteiger partial charge in [0.15, 0.2) is 0 Å². The van der Waals surface area contributed by atoms with Crippen molar-refractivity contribution >= 4 is 0 Å². The Kier molecular flexibility index (Phi) is 5.44. The van der Waals surface area contributed by atoms with Gasteiger partial charge in [0.1, 0.15) is 0 Å². The molecule has 0 aromatic rings. The third-order valence-corrected chi connectivity index (χ3v) is 1.86. The molecule has 0 saturated heterocycles. The Balaban J connectivity index is 4.41. The first-order valence-corrected chi connectivity index (χ1v) is 4.59. The molecule has 12 heavy (non-hydrogen) atoms. The smallest absolute Gasteiger partial charge is 0.0276 e. The summed E-state index contributed by atoms with van der Waals surface area (Å²) in [5.74, 6) is 0.629. The molecule has 0 radical (unpaired) electrons. The van der Waals surface area contributed by atoms with Crippen molar-refractivity contribution < 1.29 is 0 Å². The molecule has 0 saturated carbocycles. The van der Waals surface area contributed by atoms with Crippen LogP contribution >= 0.6 is 0 Å². The predicted molar refractivity (Wildman–Crippen MR) is 57.2 cm³/mol. The summed E-state index contributed by atoms with van der Waals surface area (Å²) in [5, 5.41) is 0. The summed E-state index contributed by atoms with van der Waals surface area (Å²) in [6.45, 7) is 10.7. The monoisotopic (exact) mass is 164 g/mol. The summed E-state index contributed by atoms with van der Waals surface area (Å²) in [6.07, 6.45) is 8.70. The van der Waals surface area contributed by atoms with E-state index in [4.69, 9.17) is 0 Å². The van der Waals surface area contributed by atoms with E-state index in [9.17, 15) is 0 Å². The summed E-state index contributed by atoms with van der Waals surface area (Å²) >= 11 is 0. The van der Waals surface area contributed by atoms with E-state index in [2.05, 4.69) is 58.9 Å². The van der Waals surface area contributed by atoms with Gasteiger partial charge in [-0.05, 0) is 37.8 Å². The van der Waals surface area contributed by atoms with Crippen LogP contribution in [0.3, 0.4) is 0 Å². The minimum absolute atomic E-state index is 0.629. The Morgan fingerprint density at radius 3 is 2.00 bits per heavy atom. The maximum absolute atomic E-state index is 2.22. The van der Waals surface area contributed by atoms with Crippen molar-refractivity contribution in [1.29, 1.82) is 0 Å². The lowest BCUT2D eigenvalue weighted by Crippen LogP contribution is -1.83. The van der Waals surface area contributed by atoms with Gasteiger partial charge in [-0.3, -0.25) is 0 Å². The van der Waals surface area contributed by atoms with Crippen LogP contribution in [-0.2, 0) is 0 Å². The summed E-state index contributed by atoms with van der Waals surface area (Å²) < 4.78 is 0. The molecule has 0 atom stereocenters. The molecule has 0 heteroatoms. The molecule has 0 amide bonds.